The van der Waals surface area contributed by atoms with Crippen LogP contribution in [-0.2, 0) is 6.42 Å². The van der Waals surface area contributed by atoms with Crippen molar-refractivity contribution in [3.63, 3.8) is 0 Å². The van der Waals surface area contributed by atoms with Crippen molar-refractivity contribution >= 4 is 16.7 Å². The van der Waals surface area contributed by atoms with Crippen LogP contribution in [0.4, 0.5) is 5.13 Å². The van der Waals surface area contributed by atoms with Gasteiger partial charge in [-0.2, -0.15) is 4.37 Å². The summed E-state index contributed by atoms with van der Waals surface area (Å²) in [6.45, 7) is 2.92. The molecule has 2 aromatic rings. The molecule has 4 nitrogen and oxygen atoms in total. The molecule has 0 fully saturated rings. The molecule has 1 N–H and O–H groups in total. The van der Waals surface area contributed by atoms with Crippen LogP contribution in [0.2, 0.25) is 0 Å². The first-order chi connectivity index (χ1) is 7.38. The third-order valence-corrected chi connectivity index (χ3v) is 2.59. The highest BCUT2D eigenvalue weighted by molar-refractivity contribution is 7.09. The number of rotatable bonds is 4. The average molecular weight is 220 g/mol. The van der Waals surface area contributed by atoms with Gasteiger partial charge in [-0.25, -0.2) is 4.98 Å². The Morgan fingerprint density at radius 1 is 1.47 bits per heavy atom. The summed E-state index contributed by atoms with van der Waals surface area (Å²) >= 11 is 1.40. The summed E-state index contributed by atoms with van der Waals surface area (Å²) in [5.74, 6) is 0.851. The summed E-state index contributed by atoms with van der Waals surface area (Å²) in [7, 11) is 0. The fraction of sp³-hybridized carbons (Fsp3) is 0.300. The molecule has 0 aromatic carbocycles. The van der Waals surface area contributed by atoms with Crippen LogP contribution >= 0.6 is 11.5 Å². The highest BCUT2D eigenvalue weighted by atomic mass is 32.1. The van der Waals surface area contributed by atoms with Crippen molar-refractivity contribution in [2.24, 2.45) is 0 Å². The highest BCUT2D eigenvalue weighted by Crippen LogP contribution is 2.13. The van der Waals surface area contributed by atoms with Gasteiger partial charge in [-0.05, 0) is 18.6 Å². The summed E-state index contributed by atoms with van der Waals surface area (Å²) in [6.07, 6.45) is 4.35. The lowest BCUT2D eigenvalue weighted by Crippen LogP contribution is -1.96. The van der Waals surface area contributed by atoms with Crippen LogP contribution in [0.15, 0.2) is 24.5 Å². The molecule has 0 saturated carbocycles. The van der Waals surface area contributed by atoms with Gasteiger partial charge in [-0.15, -0.1) is 0 Å². The molecule has 15 heavy (non-hydrogen) atoms. The van der Waals surface area contributed by atoms with E-state index in [1.54, 1.807) is 6.20 Å². The normalized spacial score (nSPS) is 10.2. The minimum atomic E-state index is 0.746. The fourth-order valence-corrected chi connectivity index (χ4v) is 1.89. The van der Waals surface area contributed by atoms with E-state index in [-0.39, 0.29) is 0 Å². The lowest BCUT2D eigenvalue weighted by atomic mass is 10.2. The van der Waals surface area contributed by atoms with Crippen molar-refractivity contribution in [3.05, 3.63) is 35.9 Å². The van der Waals surface area contributed by atoms with Gasteiger partial charge >= 0.3 is 0 Å². The maximum Gasteiger partial charge on any atom is 0.202 e. The van der Waals surface area contributed by atoms with Gasteiger partial charge < -0.3 is 5.32 Å². The third kappa shape index (κ3) is 2.73. The van der Waals surface area contributed by atoms with Gasteiger partial charge in [0.2, 0.25) is 5.13 Å². The van der Waals surface area contributed by atoms with E-state index in [0.717, 1.165) is 29.5 Å². The van der Waals surface area contributed by atoms with Crippen LogP contribution in [-0.4, -0.2) is 20.9 Å². The van der Waals surface area contributed by atoms with E-state index >= 15 is 0 Å². The highest BCUT2D eigenvalue weighted by Gasteiger charge is 2.03. The minimum absolute atomic E-state index is 0.746. The Balaban J connectivity index is 2.05. The maximum absolute atomic E-state index is 4.36. The van der Waals surface area contributed by atoms with E-state index in [9.17, 15) is 0 Å². The molecule has 0 radical (unpaired) electrons. The molecule has 0 saturated heterocycles. The predicted molar refractivity (Wildman–Crippen MR) is 61.1 cm³/mol. The summed E-state index contributed by atoms with van der Waals surface area (Å²) in [5, 5.41) is 4.03. The number of pyridine rings is 1. The van der Waals surface area contributed by atoms with Crippen LogP contribution in [0, 0.1) is 0 Å². The van der Waals surface area contributed by atoms with Gasteiger partial charge in [0, 0.05) is 36.9 Å². The smallest absolute Gasteiger partial charge is 0.202 e. The maximum atomic E-state index is 4.36. The average Bonchev–Trinajstić information content (AvgIpc) is 2.68. The molecule has 2 heterocycles. The fourth-order valence-electron chi connectivity index (χ4n) is 1.23. The van der Waals surface area contributed by atoms with Gasteiger partial charge in [-0.3, -0.25) is 4.98 Å². The van der Waals surface area contributed by atoms with Gasteiger partial charge in [0.1, 0.15) is 5.82 Å². The first kappa shape index (κ1) is 10.0. The van der Waals surface area contributed by atoms with Crippen LogP contribution in [0.3, 0.4) is 0 Å². The zero-order chi connectivity index (χ0) is 10.5. The molecule has 2 aromatic heterocycles. The van der Waals surface area contributed by atoms with Crippen molar-refractivity contribution < 1.29 is 0 Å². The Morgan fingerprint density at radius 2 is 2.40 bits per heavy atom. The Hall–Kier alpha value is -1.49. The topological polar surface area (TPSA) is 50.7 Å². The predicted octanol–water partition coefficient (Wildman–Crippen LogP) is 1.96. The zero-order valence-electron chi connectivity index (χ0n) is 8.47. The molecule has 78 valence electrons. The number of aromatic nitrogens is 3. The molecule has 0 bridgehead atoms. The standard InChI is InChI=1S/C10H12N4S/c1-2-12-10-13-9(14-15-10)6-8-4-3-5-11-7-8/h3-5,7H,2,6H2,1H3,(H,12,13,14). The lowest BCUT2D eigenvalue weighted by molar-refractivity contribution is 1.02. The largest absolute Gasteiger partial charge is 0.361 e. The van der Waals surface area contributed by atoms with Gasteiger partial charge in [0.05, 0.1) is 0 Å². The zero-order valence-corrected chi connectivity index (χ0v) is 9.29. The second-order valence-electron chi connectivity index (χ2n) is 3.08. The Labute approximate surface area is 92.6 Å². The second kappa shape index (κ2) is 4.84. The first-order valence-corrected chi connectivity index (χ1v) is 5.61. The lowest BCUT2D eigenvalue weighted by Gasteiger charge is -1.95. The first-order valence-electron chi connectivity index (χ1n) is 4.84. The van der Waals surface area contributed by atoms with Crippen molar-refractivity contribution in [3.8, 4) is 0 Å². The summed E-state index contributed by atoms with van der Waals surface area (Å²) in [4.78, 5) is 8.42. The van der Waals surface area contributed by atoms with Gasteiger partial charge in [0.25, 0.3) is 0 Å². The Kier molecular flexibility index (Phi) is 3.24. The van der Waals surface area contributed by atoms with E-state index in [2.05, 4.69) is 19.7 Å². The van der Waals surface area contributed by atoms with E-state index in [1.165, 1.54) is 11.5 Å². The second-order valence-corrected chi connectivity index (χ2v) is 3.84. The molecule has 5 heteroatoms. The number of hydrogen-bond donors (Lipinski definition) is 1. The van der Waals surface area contributed by atoms with Crippen molar-refractivity contribution in [1.29, 1.82) is 0 Å². The van der Waals surface area contributed by atoms with E-state index in [4.69, 9.17) is 0 Å². The van der Waals surface area contributed by atoms with Gasteiger partial charge in [-0.1, -0.05) is 6.07 Å². The molecule has 0 aliphatic rings. The quantitative estimate of drug-likeness (QED) is 0.855. The van der Waals surface area contributed by atoms with Crippen molar-refractivity contribution in [1.82, 2.24) is 14.3 Å². The van der Waals surface area contributed by atoms with Crippen molar-refractivity contribution in [2.75, 3.05) is 11.9 Å². The SMILES string of the molecule is CCNc1nc(Cc2cccnc2)ns1. The Bertz CT molecular complexity index is 412. The summed E-state index contributed by atoms with van der Waals surface area (Å²) < 4.78 is 4.27. The van der Waals surface area contributed by atoms with Crippen LogP contribution in [0.25, 0.3) is 0 Å². The van der Waals surface area contributed by atoms with E-state index in [0.29, 0.717) is 0 Å². The number of nitrogens with one attached hydrogen (secondary N) is 1. The van der Waals surface area contributed by atoms with Crippen LogP contribution in [0.1, 0.15) is 18.3 Å². The molecule has 0 spiro atoms. The van der Waals surface area contributed by atoms with Crippen LogP contribution < -0.4 is 5.32 Å². The Morgan fingerprint density at radius 3 is 3.13 bits per heavy atom. The molecule has 0 aliphatic carbocycles. The molecule has 0 atom stereocenters. The molecule has 0 amide bonds. The molecule has 0 aliphatic heterocycles. The summed E-state index contributed by atoms with van der Waals surface area (Å²) in [5.41, 5.74) is 1.14. The molecule has 2 rings (SSSR count). The molecule has 0 unspecified atom stereocenters. The van der Waals surface area contributed by atoms with Gasteiger partial charge in [0.15, 0.2) is 0 Å². The summed E-state index contributed by atoms with van der Waals surface area (Å²) in [6, 6.07) is 3.95. The molecular weight excluding hydrogens is 208 g/mol. The van der Waals surface area contributed by atoms with E-state index in [1.807, 2.05) is 25.3 Å². The number of anilines is 1. The third-order valence-electron chi connectivity index (χ3n) is 1.88. The number of hydrogen-bond acceptors (Lipinski definition) is 5. The monoisotopic (exact) mass is 220 g/mol. The number of nitrogens with zero attached hydrogens (tertiary/aromatic N) is 3. The minimum Gasteiger partial charge on any atom is -0.361 e. The van der Waals surface area contributed by atoms with Crippen LogP contribution in [0.5, 0.6) is 0 Å². The molecular formula is C10H12N4S. The van der Waals surface area contributed by atoms with E-state index < -0.39 is 0 Å². The van der Waals surface area contributed by atoms with Crippen molar-refractivity contribution in [2.45, 2.75) is 13.3 Å².